The number of halogens is 4. The summed E-state index contributed by atoms with van der Waals surface area (Å²) in [5.41, 5.74) is -0.891. The normalized spacial score (nSPS) is 11.4. The van der Waals surface area contributed by atoms with Gasteiger partial charge >= 0.3 is 6.18 Å². The largest absolute Gasteiger partial charge is 0.416 e. The van der Waals surface area contributed by atoms with Gasteiger partial charge in [0.05, 0.1) is 16.6 Å². The lowest BCUT2D eigenvalue weighted by molar-refractivity contribution is -0.385. The van der Waals surface area contributed by atoms with Crippen LogP contribution in [0.4, 0.5) is 23.2 Å². The molecule has 0 N–H and O–H groups in total. The van der Waals surface area contributed by atoms with Crippen LogP contribution in [0.3, 0.4) is 0 Å². The third-order valence-electron chi connectivity index (χ3n) is 2.64. The van der Waals surface area contributed by atoms with Crippen LogP contribution < -0.4 is 0 Å². The molecule has 0 aliphatic heterocycles. The Morgan fingerprint density at radius 2 is 1.55 bits per heavy atom. The van der Waals surface area contributed by atoms with E-state index in [-0.39, 0.29) is 11.1 Å². The van der Waals surface area contributed by atoms with Crippen molar-refractivity contribution < 1.29 is 22.5 Å². The van der Waals surface area contributed by atoms with Crippen LogP contribution in [0, 0.1) is 15.9 Å². The Hall–Kier alpha value is -2.44. The number of nitro groups is 1. The van der Waals surface area contributed by atoms with Gasteiger partial charge in [0.2, 0.25) is 0 Å². The smallest absolute Gasteiger partial charge is 0.258 e. The number of non-ortho nitro benzene ring substituents is 1. The van der Waals surface area contributed by atoms with E-state index in [1.54, 1.807) is 0 Å². The second kappa shape index (κ2) is 4.92. The highest BCUT2D eigenvalue weighted by atomic mass is 19.4. The molecule has 0 aliphatic rings. The number of nitro benzene ring substituents is 1. The SMILES string of the molecule is O=[N+]([O-])c1cc(F)cc(-c2ccc(C(F)(F)F)cc2)c1. The lowest BCUT2D eigenvalue weighted by Crippen LogP contribution is -2.04. The Morgan fingerprint density at radius 3 is 2.05 bits per heavy atom. The molecule has 0 bridgehead atoms. The second-order valence-corrected chi connectivity index (χ2v) is 4.03. The van der Waals surface area contributed by atoms with Crippen LogP contribution in [-0.2, 0) is 6.18 Å². The predicted octanol–water partition coefficient (Wildman–Crippen LogP) is 4.42. The predicted molar refractivity (Wildman–Crippen MR) is 63.5 cm³/mol. The molecule has 0 radical (unpaired) electrons. The van der Waals surface area contributed by atoms with Crippen LogP contribution in [0.2, 0.25) is 0 Å². The van der Waals surface area contributed by atoms with Crippen molar-refractivity contribution in [3.63, 3.8) is 0 Å². The Bertz CT molecular complexity index is 650. The average molecular weight is 285 g/mol. The zero-order valence-corrected chi connectivity index (χ0v) is 9.82. The van der Waals surface area contributed by atoms with Crippen molar-refractivity contribution in [2.75, 3.05) is 0 Å². The summed E-state index contributed by atoms with van der Waals surface area (Å²) < 4.78 is 50.5. The quantitative estimate of drug-likeness (QED) is 0.465. The van der Waals surface area contributed by atoms with Crippen LogP contribution in [0.25, 0.3) is 11.1 Å². The lowest BCUT2D eigenvalue weighted by atomic mass is 10.0. The van der Waals surface area contributed by atoms with Crippen molar-refractivity contribution in [3.05, 3.63) is 64.0 Å². The molecule has 0 spiro atoms. The van der Waals surface area contributed by atoms with E-state index in [0.29, 0.717) is 0 Å². The molecular formula is C13H7F4NO2. The average Bonchev–Trinajstić information content (AvgIpc) is 2.37. The molecule has 0 fully saturated rings. The standard InChI is InChI=1S/C13H7F4NO2/c14-11-5-9(6-12(7-11)18(19)20)8-1-3-10(4-2-8)13(15,16)17/h1-7H. The van der Waals surface area contributed by atoms with E-state index in [2.05, 4.69) is 0 Å². The number of alkyl halides is 3. The maximum atomic E-state index is 13.3. The van der Waals surface area contributed by atoms with Gasteiger partial charge in [-0.05, 0) is 29.3 Å². The molecule has 104 valence electrons. The molecule has 0 heterocycles. The summed E-state index contributed by atoms with van der Waals surface area (Å²) in [5.74, 6) is -0.825. The molecule has 7 heteroatoms. The molecule has 0 aromatic heterocycles. The third kappa shape index (κ3) is 2.93. The van der Waals surface area contributed by atoms with Gasteiger partial charge in [-0.2, -0.15) is 13.2 Å². The number of rotatable bonds is 2. The molecule has 0 saturated carbocycles. The van der Waals surface area contributed by atoms with Gasteiger partial charge in [0.15, 0.2) is 0 Å². The zero-order chi connectivity index (χ0) is 14.9. The van der Waals surface area contributed by atoms with Crippen molar-refractivity contribution in [1.82, 2.24) is 0 Å². The van der Waals surface area contributed by atoms with Crippen molar-refractivity contribution in [2.45, 2.75) is 6.18 Å². The van der Waals surface area contributed by atoms with Gasteiger partial charge in [-0.15, -0.1) is 0 Å². The Labute approximate surface area is 110 Å². The van der Waals surface area contributed by atoms with Gasteiger partial charge in [-0.1, -0.05) is 12.1 Å². The number of hydrogen-bond acceptors (Lipinski definition) is 2. The van der Waals surface area contributed by atoms with E-state index in [4.69, 9.17) is 0 Å². The van der Waals surface area contributed by atoms with Crippen LogP contribution >= 0.6 is 0 Å². The summed E-state index contributed by atoms with van der Waals surface area (Å²) >= 11 is 0. The van der Waals surface area contributed by atoms with E-state index < -0.39 is 28.2 Å². The first kappa shape index (κ1) is 14.0. The van der Waals surface area contributed by atoms with Gasteiger partial charge < -0.3 is 0 Å². The lowest BCUT2D eigenvalue weighted by Gasteiger charge is -2.08. The Morgan fingerprint density at radius 1 is 0.950 bits per heavy atom. The monoisotopic (exact) mass is 285 g/mol. The van der Waals surface area contributed by atoms with Crippen LogP contribution in [0.15, 0.2) is 42.5 Å². The van der Waals surface area contributed by atoms with E-state index in [0.717, 1.165) is 42.5 Å². The topological polar surface area (TPSA) is 43.1 Å². The highest BCUT2D eigenvalue weighted by molar-refractivity contribution is 5.66. The molecule has 0 atom stereocenters. The van der Waals surface area contributed by atoms with Crippen molar-refractivity contribution in [3.8, 4) is 11.1 Å². The van der Waals surface area contributed by atoms with Gasteiger partial charge in [-0.3, -0.25) is 10.1 Å². The molecule has 2 aromatic rings. The molecule has 0 unspecified atom stereocenters. The molecule has 0 saturated heterocycles. The van der Waals surface area contributed by atoms with E-state index in [9.17, 15) is 27.7 Å². The minimum Gasteiger partial charge on any atom is -0.258 e. The number of hydrogen-bond donors (Lipinski definition) is 0. The molecule has 3 nitrogen and oxygen atoms in total. The number of nitrogens with zero attached hydrogens (tertiary/aromatic N) is 1. The second-order valence-electron chi connectivity index (χ2n) is 4.03. The van der Waals surface area contributed by atoms with Gasteiger partial charge in [-0.25, -0.2) is 4.39 Å². The summed E-state index contributed by atoms with van der Waals surface area (Å²) in [6, 6.07) is 6.83. The maximum absolute atomic E-state index is 13.3. The fourth-order valence-electron chi connectivity index (χ4n) is 1.70. The van der Waals surface area contributed by atoms with Crippen LogP contribution in [-0.4, -0.2) is 4.92 Å². The molecule has 0 amide bonds. The Balaban J connectivity index is 2.44. The van der Waals surface area contributed by atoms with Crippen molar-refractivity contribution in [2.24, 2.45) is 0 Å². The highest BCUT2D eigenvalue weighted by Crippen LogP contribution is 2.32. The molecule has 0 aliphatic carbocycles. The van der Waals surface area contributed by atoms with E-state index in [1.165, 1.54) is 0 Å². The first-order valence-corrected chi connectivity index (χ1v) is 5.40. The molecule has 20 heavy (non-hydrogen) atoms. The van der Waals surface area contributed by atoms with Crippen LogP contribution in [0.1, 0.15) is 5.56 Å². The van der Waals surface area contributed by atoms with Crippen molar-refractivity contribution in [1.29, 1.82) is 0 Å². The Kier molecular flexibility index (Phi) is 3.44. The fraction of sp³-hybridized carbons (Fsp3) is 0.0769. The summed E-state index contributed by atoms with van der Waals surface area (Å²) in [5, 5.41) is 10.6. The van der Waals surface area contributed by atoms with E-state index in [1.807, 2.05) is 0 Å². The minimum atomic E-state index is -4.47. The zero-order valence-electron chi connectivity index (χ0n) is 9.82. The maximum Gasteiger partial charge on any atom is 0.416 e. The first-order chi connectivity index (χ1) is 9.27. The van der Waals surface area contributed by atoms with Gasteiger partial charge in [0, 0.05) is 6.07 Å². The summed E-state index contributed by atoms with van der Waals surface area (Å²) in [6.07, 6.45) is -4.47. The molecule has 2 rings (SSSR count). The summed E-state index contributed by atoms with van der Waals surface area (Å²) in [4.78, 5) is 9.85. The van der Waals surface area contributed by atoms with Crippen LogP contribution in [0.5, 0.6) is 0 Å². The van der Waals surface area contributed by atoms with Crippen molar-refractivity contribution >= 4 is 5.69 Å². The summed E-state index contributed by atoms with van der Waals surface area (Å²) in [6.45, 7) is 0. The first-order valence-electron chi connectivity index (χ1n) is 5.40. The van der Waals surface area contributed by atoms with E-state index >= 15 is 0 Å². The minimum absolute atomic E-state index is 0.144. The third-order valence-corrected chi connectivity index (χ3v) is 2.64. The fourth-order valence-corrected chi connectivity index (χ4v) is 1.70. The molecule has 2 aromatic carbocycles. The number of benzene rings is 2. The summed E-state index contributed by atoms with van der Waals surface area (Å²) in [7, 11) is 0. The van der Waals surface area contributed by atoms with Gasteiger partial charge in [0.1, 0.15) is 5.82 Å². The van der Waals surface area contributed by atoms with Gasteiger partial charge in [0.25, 0.3) is 5.69 Å². The highest BCUT2D eigenvalue weighted by Gasteiger charge is 2.30. The molecular weight excluding hydrogens is 278 g/mol.